The standard InChI is InChI=1S/C27H24O7/c1-16-11-18(9-10-21(16)31-2)25(28)20(12-17-7-5-4-6-8-17)24(27(29)30)19-13-22(32-3)26-23(14-19)33-15-34-26/h4-11,13-14H,12,15H2,1-3H3,(H,29,30)/b24-20-. The molecule has 7 nitrogen and oxygen atoms in total. The zero-order chi connectivity index (χ0) is 24.2. The number of benzene rings is 3. The smallest absolute Gasteiger partial charge is 0.336 e. The van der Waals surface area contributed by atoms with Crippen LogP contribution in [-0.4, -0.2) is 37.9 Å². The van der Waals surface area contributed by atoms with Gasteiger partial charge in [-0.2, -0.15) is 0 Å². The summed E-state index contributed by atoms with van der Waals surface area (Å²) in [6.07, 6.45) is 0.128. The van der Waals surface area contributed by atoms with Crippen molar-refractivity contribution in [1.29, 1.82) is 0 Å². The molecule has 0 fully saturated rings. The highest BCUT2D eigenvalue weighted by molar-refractivity contribution is 6.26. The van der Waals surface area contributed by atoms with E-state index in [9.17, 15) is 14.7 Å². The van der Waals surface area contributed by atoms with Crippen molar-refractivity contribution in [3.8, 4) is 23.0 Å². The van der Waals surface area contributed by atoms with Crippen LogP contribution in [-0.2, 0) is 11.2 Å². The normalized spacial score (nSPS) is 12.7. The van der Waals surface area contributed by atoms with E-state index < -0.39 is 5.97 Å². The molecule has 1 heterocycles. The maximum Gasteiger partial charge on any atom is 0.336 e. The van der Waals surface area contributed by atoms with Crippen LogP contribution in [0.4, 0.5) is 0 Å². The number of carbonyl (C=O) groups is 2. The summed E-state index contributed by atoms with van der Waals surface area (Å²) >= 11 is 0. The highest BCUT2D eigenvalue weighted by Crippen LogP contribution is 2.44. The maximum atomic E-state index is 13.8. The molecule has 34 heavy (non-hydrogen) atoms. The number of fused-ring (bicyclic) bond motifs is 1. The molecule has 4 rings (SSSR count). The minimum atomic E-state index is -1.23. The Labute approximate surface area is 197 Å². The van der Waals surface area contributed by atoms with Crippen molar-refractivity contribution in [2.24, 2.45) is 0 Å². The highest BCUT2D eigenvalue weighted by Gasteiger charge is 2.28. The van der Waals surface area contributed by atoms with E-state index in [0.717, 1.165) is 11.1 Å². The molecule has 0 unspecified atom stereocenters. The Bertz CT molecular complexity index is 1280. The summed E-state index contributed by atoms with van der Waals surface area (Å²) in [6, 6.07) is 17.4. The quantitative estimate of drug-likeness (QED) is 0.385. The number of carboxylic acids is 1. The fourth-order valence-electron chi connectivity index (χ4n) is 3.98. The maximum absolute atomic E-state index is 13.8. The Balaban J connectivity index is 1.92. The summed E-state index contributed by atoms with van der Waals surface area (Å²) in [5, 5.41) is 10.3. The molecule has 3 aromatic rings. The zero-order valence-electron chi connectivity index (χ0n) is 19.1. The van der Waals surface area contributed by atoms with Gasteiger partial charge in [-0.3, -0.25) is 4.79 Å². The fraction of sp³-hybridized carbons (Fsp3) is 0.185. The minimum absolute atomic E-state index is 0.00218. The number of carboxylic acid groups (broad SMARTS) is 1. The number of rotatable bonds is 8. The van der Waals surface area contributed by atoms with E-state index in [4.69, 9.17) is 18.9 Å². The Hall–Kier alpha value is -4.26. The monoisotopic (exact) mass is 460 g/mol. The topological polar surface area (TPSA) is 91.3 Å². The van der Waals surface area contributed by atoms with Crippen molar-refractivity contribution in [3.63, 3.8) is 0 Å². The average Bonchev–Trinajstić information content (AvgIpc) is 3.32. The number of ether oxygens (including phenoxy) is 4. The molecule has 7 heteroatoms. The van der Waals surface area contributed by atoms with Crippen LogP contribution in [0, 0.1) is 6.92 Å². The van der Waals surface area contributed by atoms with E-state index in [2.05, 4.69) is 0 Å². The van der Waals surface area contributed by atoms with E-state index in [0.29, 0.717) is 28.6 Å². The molecule has 0 aromatic heterocycles. The summed E-state index contributed by atoms with van der Waals surface area (Å²) in [4.78, 5) is 26.4. The van der Waals surface area contributed by atoms with Gasteiger partial charge < -0.3 is 24.1 Å². The van der Waals surface area contributed by atoms with Crippen LogP contribution in [0.3, 0.4) is 0 Å². The van der Waals surface area contributed by atoms with E-state index in [1.807, 2.05) is 37.3 Å². The van der Waals surface area contributed by atoms with Crippen molar-refractivity contribution in [2.45, 2.75) is 13.3 Å². The molecule has 3 aromatic carbocycles. The summed E-state index contributed by atoms with van der Waals surface area (Å²) in [5.41, 5.74) is 2.26. The third-order valence-electron chi connectivity index (χ3n) is 5.62. The third-order valence-corrected chi connectivity index (χ3v) is 5.62. The third kappa shape index (κ3) is 4.45. The summed E-state index contributed by atoms with van der Waals surface area (Å²) in [6.45, 7) is 1.83. The molecule has 0 aliphatic carbocycles. The second-order valence-electron chi connectivity index (χ2n) is 7.75. The first-order valence-electron chi connectivity index (χ1n) is 10.6. The van der Waals surface area contributed by atoms with Crippen LogP contribution in [0.2, 0.25) is 0 Å². The number of allylic oxidation sites excluding steroid dienone is 1. The van der Waals surface area contributed by atoms with E-state index in [1.165, 1.54) is 7.11 Å². The number of hydrogen-bond donors (Lipinski definition) is 1. The Morgan fingerprint density at radius 3 is 2.29 bits per heavy atom. The first-order chi connectivity index (χ1) is 16.4. The van der Waals surface area contributed by atoms with Crippen LogP contribution in [0.1, 0.15) is 27.0 Å². The van der Waals surface area contributed by atoms with Crippen LogP contribution >= 0.6 is 0 Å². The molecule has 1 aliphatic rings. The molecular weight excluding hydrogens is 436 g/mol. The summed E-state index contributed by atoms with van der Waals surface area (Å²) in [5.74, 6) is 0.117. The molecule has 0 radical (unpaired) electrons. The lowest BCUT2D eigenvalue weighted by molar-refractivity contribution is -0.130. The molecule has 0 amide bonds. The van der Waals surface area contributed by atoms with Crippen molar-refractivity contribution < 1.29 is 33.6 Å². The SMILES string of the molecule is COc1ccc(C(=O)/C(Cc2ccccc2)=C(\C(=O)O)c2cc(OC)c3c(c2)OCO3)cc1C. The number of methoxy groups -OCH3 is 2. The number of hydrogen-bond acceptors (Lipinski definition) is 6. The second-order valence-corrected chi connectivity index (χ2v) is 7.75. The van der Waals surface area contributed by atoms with Gasteiger partial charge in [0.05, 0.1) is 19.8 Å². The van der Waals surface area contributed by atoms with Gasteiger partial charge in [0.1, 0.15) is 5.75 Å². The van der Waals surface area contributed by atoms with Crippen molar-refractivity contribution in [3.05, 3.63) is 88.5 Å². The van der Waals surface area contributed by atoms with Gasteiger partial charge in [-0.05, 0) is 53.9 Å². The molecule has 0 bridgehead atoms. The van der Waals surface area contributed by atoms with Gasteiger partial charge in [0.15, 0.2) is 17.3 Å². The molecule has 0 atom stereocenters. The number of aryl methyl sites for hydroxylation is 1. The van der Waals surface area contributed by atoms with Crippen molar-refractivity contribution >= 4 is 17.3 Å². The lowest BCUT2D eigenvalue weighted by Crippen LogP contribution is -2.14. The lowest BCUT2D eigenvalue weighted by atomic mass is 9.89. The van der Waals surface area contributed by atoms with Crippen LogP contribution in [0.15, 0.2) is 66.2 Å². The Morgan fingerprint density at radius 2 is 1.65 bits per heavy atom. The van der Waals surface area contributed by atoms with E-state index in [1.54, 1.807) is 37.4 Å². The van der Waals surface area contributed by atoms with Gasteiger partial charge in [0.25, 0.3) is 0 Å². The van der Waals surface area contributed by atoms with Gasteiger partial charge in [0, 0.05) is 17.6 Å². The van der Waals surface area contributed by atoms with E-state index >= 15 is 0 Å². The predicted molar refractivity (Wildman–Crippen MR) is 126 cm³/mol. The van der Waals surface area contributed by atoms with Gasteiger partial charge in [0.2, 0.25) is 12.5 Å². The van der Waals surface area contributed by atoms with E-state index in [-0.39, 0.29) is 35.7 Å². The van der Waals surface area contributed by atoms with Gasteiger partial charge in [-0.1, -0.05) is 30.3 Å². The lowest BCUT2D eigenvalue weighted by Gasteiger charge is -2.15. The number of carbonyl (C=O) groups excluding carboxylic acids is 1. The number of ketones is 1. The molecule has 0 spiro atoms. The molecule has 1 aliphatic heterocycles. The number of Topliss-reactive ketones (excluding diaryl/α,β-unsaturated/α-hetero) is 1. The first kappa shape index (κ1) is 22.9. The molecular formula is C27H24O7. The van der Waals surface area contributed by atoms with Crippen LogP contribution in [0.5, 0.6) is 23.0 Å². The zero-order valence-corrected chi connectivity index (χ0v) is 19.1. The minimum Gasteiger partial charge on any atom is -0.496 e. The largest absolute Gasteiger partial charge is 0.496 e. The van der Waals surface area contributed by atoms with Crippen LogP contribution < -0.4 is 18.9 Å². The van der Waals surface area contributed by atoms with Gasteiger partial charge >= 0.3 is 5.97 Å². The van der Waals surface area contributed by atoms with Crippen LogP contribution in [0.25, 0.3) is 5.57 Å². The summed E-state index contributed by atoms with van der Waals surface area (Å²) in [7, 11) is 3.02. The Kier molecular flexibility index (Phi) is 6.54. The van der Waals surface area contributed by atoms with Crippen molar-refractivity contribution in [1.82, 2.24) is 0 Å². The first-order valence-corrected chi connectivity index (χ1v) is 10.6. The molecule has 0 saturated carbocycles. The fourth-order valence-corrected chi connectivity index (χ4v) is 3.98. The van der Waals surface area contributed by atoms with Gasteiger partial charge in [-0.15, -0.1) is 0 Å². The summed E-state index contributed by atoms with van der Waals surface area (Å²) < 4.78 is 21.6. The van der Waals surface area contributed by atoms with Crippen molar-refractivity contribution in [2.75, 3.05) is 21.0 Å². The Morgan fingerprint density at radius 1 is 0.912 bits per heavy atom. The molecule has 1 N–H and O–H groups in total. The molecule has 174 valence electrons. The number of aliphatic carboxylic acids is 1. The average molecular weight is 460 g/mol. The highest BCUT2D eigenvalue weighted by atomic mass is 16.7. The van der Waals surface area contributed by atoms with Gasteiger partial charge in [-0.25, -0.2) is 4.79 Å². The predicted octanol–water partition coefficient (Wildman–Crippen LogP) is 4.70. The molecule has 0 saturated heterocycles. The second kappa shape index (κ2) is 9.70.